The van der Waals surface area contributed by atoms with E-state index in [1.165, 1.54) is 10.3 Å². The number of hydrogen-bond donors (Lipinski definition) is 1. The van der Waals surface area contributed by atoms with Crippen molar-refractivity contribution in [3.8, 4) is 10.6 Å². The molecule has 3 aromatic carbocycles. The molecule has 0 fully saturated rings. The molecule has 0 aliphatic carbocycles. The van der Waals surface area contributed by atoms with Gasteiger partial charge in [0.15, 0.2) is 0 Å². The van der Waals surface area contributed by atoms with Gasteiger partial charge in [-0.2, -0.15) is 0 Å². The first-order valence-corrected chi connectivity index (χ1v) is 10.7. The second-order valence-electron chi connectivity index (χ2n) is 7.64. The van der Waals surface area contributed by atoms with Gasteiger partial charge < -0.3 is 5.32 Å². The third kappa shape index (κ3) is 3.19. The molecule has 1 N–H and O–H groups in total. The van der Waals surface area contributed by atoms with Crippen molar-refractivity contribution >= 4 is 38.3 Å². The third-order valence-electron chi connectivity index (χ3n) is 5.51. The minimum absolute atomic E-state index is 0.00398. The highest BCUT2D eigenvalue weighted by Gasteiger charge is 2.09. The summed E-state index contributed by atoms with van der Waals surface area (Å²) in [6, 6.07) is 20.9. The molecule has 0 bridgehead atoms. The van der Waals surface area contributed by atoms with Crippen molar-refractivity contribution in [3.63, 3.8) is 0 Å². The summed E-state index contributed by atoms with van der Waals surface area (Å²) in [6.07, 6.45) is 0. The molecule has 0 unspecified atom stereocenters. The third-order valence-corrected chi connectivity index (χ3v) is 6.58. The van der Waals surface area contributed by atoms with E-state index in [1.54, 1.807) is 27.5 Å². The fraction of sp³-hybridized carbons (Fsp3) is 0.167. The lowest BCUT2D eigenvalue weighted by Crippen LogP contribution is -2.19. The number of hydrogen-bond acceptors (Lipinski definition) is 4. The fourth-order valence-corrected chi connectivity index (χ4v) is 4.82. The van der Waals surface area contributed by atoms with Crippen LogP contribution in [0.4, 0.5) is 5.69 Å². The van der Waals surface area contributed by atoms with E-state index in [0.29, 0.717) is 6.54 Å². The molecule has 0 aliphatic heterocycles. The Bertz CT molecular complexity index is 1440. The zero-order valence-electron chi connectivity index (χ0n) is 17.1. The molecular weight excluding hydrogens is 392 g/mol. The van der Waals surface area contributed by atoms with Gasteiger partial charge in [-0.15, -0.1) is 11.3 Å². The van der Waals surface area contributed by atoms with Gasteiger partial charge in [-0.1, -0.05) is 12.1 Å². The van der Waals surface area contributed by atoms with Crippen molar-refractivity contribution in [1.82, 2.24) is 14.1 Å². The normalized spacial score (nSPS) is 11.4. The maximum absolute atomic E-state index is 12.1. The summed E-state index contributed by atoms with van der Waals surface area (Å²) in [5.74, 6) is 0. The van der Waals surface area contributed by atoms with Crippen molar-refractivity contribution < 1.29 is 0 Å². The highest BCUT2D eigenvalue weighted by Crippen LogP contribution is 2.31. The minimum atomic E-state index is -0.00398. The number of rotatable bonds is 4. The van der Waals surface area contributed by atoms with Crippen molar-refractivity contribution in [3.05, 3.63) is 82.3 Å². The lowest BCUT2D eigenvalue weighted by atomic mass is 10.1. The van der Waals surface area contributed by atoms with Crippen LogP contribution in [0.5, 0.6) is 0 Å². The molecule has 6 heteroatoms. The molecule has 2 heterocycles. The molecule has 30 heavy (non-hydrogen) atoms. The SMILES string of the molecule is Cc1ccc2nc(-c3ccc(NCc4ccc5c(c4)n(C)c(=O)n5C)cc3)sc2c1. The zero-order chi connectivity index (χ0) is 20.8. The largest absolute Gasteiger partial charge is 0.381 e. The topological polar surface area (TPSA) is 51.9 Å². The lowest BCUT2D eigenvalue weighted by Gasteiger charge is -2.08. The Morgan fingerprint density at radius 1 is 0.933 bits per heavy atom. The Labute approximate surface area is 178 Å². The standard InChI is InChI=1S/C24H22N4OS/c1-15-4-10-19-22(12-15)30-23(26-19)17-6-8-18(9-7-17)25-14-16-5-11-20-21(13-16)28(3)24(29)27(20)2/h4-13,25H,14H2,1-3H3. The molecule has 0 saturated heterocycles. The van der Waals surface area contributed by atoms with Crippen LogP contribution in [0.15, 0.2) is 65.5 Å². The summed E-state index contributed by atoms with van der Waals surface area (Å²) >= 11 is 1.72. The van der Waals surface area contributed by atoms with Crippen molar-refractivity contribution in [2.45, 2.75) is 13.5 Å². The molecule has 0 radical (unpaired) electrons. The first-order chi connectivity index (χ1) is 14.5. The van der Waals surface area contributed by atoms with Crippen molar-refractivity contribution in [1.29, 1.82) is 0 Å². The summed E-state index contributed by atoms with van der Waals surface area (Å²) in [4.78, 5) is 16.9. The number of aryl methyl sites for hydroxylation is 3. The quantitative estimate of drug-likeness (QED) is 0.446. The van der Waals surface area contributed by atoms with Gasteiger partial charge in [-0.05, 0) is 66.6 Å². The molecule has 0 saturated carbocycles. The van der Waals surface area contributed by atoms with Gasteiger partial charge in [-0.3, -0.25) is 9.13 Å². The number of thiazole rings is 1. The summed E-state index contributed by atoms with van der Waals surface area (Å²) in [5.41, 5.74) is 7.51. The van der Waals surface area contributed by atoms with Crippen LogP contribution in [-0.2, 0) is 20.6 Å². The number of anilines is 1. The predicted octanol–water partition coefficient (Wildman–Crippen LogP) is 5.07. The lowest BCUT2D eigenvalue weighted by molar-refractivity contribution is 0.795. The highest BCUT2D eigenvalue weighted by molar-refractivity contribution is 7.21. The Balaban J connectivity index is 1.34. The van der Waals surface area contributed by atoms with E-state index in [0.717, 1.165) is 38.4 Å². The van der Waals surface area contributed by atoms with Gasteiger partial charge in [0.1, 0.15) is 5.01 Å². The number of imidazole rings is 1. The number of aromatic nitrogens is 3. The maximum Gasteiger partial charge on any atom is 0.328 e. The molecule has 5 aromatic rings. The first kappa shape index (κ1) is 18.6. The van der Waals surface area contributed by atoms with E-state index in [4.69, 9.17) is 4.98 Å². The summed E-state index contributed by atoms with van der Waals surface area (Å²) in [5, 5.41) is 4.51. The Hall–Kier alpha value is -3.38. The second-order valence-corrected chi connectivity index (χ2v) is 8.68. The zero-order valence-corrected chi connectivity index (χ0v) is 18.0. The van der Waals surface area contributed by atoms with E-state index < -0.39 is 0 Å². The van der Waals surface area contributed by atoms with Gasteiger partial charge in [0.2, 0.25) is 0 Å². The monoisotopic (exact) mass is 414 g/mol. The molecule has 0 aliphatic rings. The highest BCUT2D eigenvalue weighted by atomic mass is 32.1. The second kappa shape index (κ2) is 7.15. The van der Waals surface area contributed by atoms with E-state index in [1.807, 2.05) is 13.1 Å². The van der Waals surface area contributed by atoms with Gasteiger partial charge in [-0.25, -0.2) is 9.78 Å². The molecule has 150 valence electrons. The molecule has 0 spiro atoms. The van der Waals surface area contributed by atoms with Gasteiger partial charge in [0.05, 0.1) is 21.3 Å². The van der Waals surface area contributed by atoms with Gasteiger partial charge >= 0.3 is 5.69 Å². The first-order valence-electron chi connectivity index (χ1n) is 9.85. The smallest absolute Gasteiger partial charge is 0.328 e. The van der Waals surface area contributed by atoms with E-state index in [9.17, 15) is 4.79 Å². The van der Waals surface area contributed by atoms with Crippen LogP contribution >= 0.6 is 11.3 Å². The summed E-state index contributed by atoms with van der Waals surface area (Å²) in [6.45, 7) is 2.80. The number of benzene rings is 3. The average Bonchev–Trinajstić information content (AvgIpc) is 3.27. The fourth-order valence-electron chi connectivity index (χ4n) is 3.75. The minimum Gasteiger partial charge on any atom is -0.381 e. The molecule has 5 nitrogen and oxygen atoms in total. The van der Waals surface area contributed by atoms with Crippen LogP contribution in [0.25, 0.3) is 31.8 Å². The Morgan fingerprint density at radius 2 is 1.70 bits per heavy atom. The predicted molar refractivity (Wildman–Crippen MR) is 125 cm³/mol. The van der Waals surface area contributed by atoms with Gasteiger partial charge in [0.25, 0.3) is 0 Å². The maximum atomic E-state index is 12.1. The van der Waals surface area contributed by atoms with Crippen LogP contribution in [0.1, 0.15) is 11.1 Å². The molecule has 2 aromatic heterocycles. The van der Waals surface area contributed by atoms with E-state index >= 15 is 0 Å². The molecule has 5 rings (SSSR count). The van der Waals surface area contributed by atoms with Crippen LogP contribution in [0.3, 0.4) is 0 Å². The average molecular weight is 415 g/mol. The number of nitrogens with zero attached hydrogens (tertiary/aromatic N) is 3. The van der Waals surface area contributed by atoms with Crippen LogP contribution in [-0.4, -0.2) is 14.1 Å². The Morgan fingerprint density at radius 3 is 2.50 bits per heavy atom. The van der Waals surface area contributed by atoms with Crippen molar-refractivity contribution in [2.75, 3.05) is 5.32 Å². The molecule has 0 atom stereocenters. The summed E-state index contributed by atoms with van der Waals surface area (Å²) in [7, 11) is 3.61. The van der Waals surface area contributed by atoms with Gasteiger partial charge in [0, 0.05) is 31.9 Å². The van der Waals surface area contributed by atoms with Crippen molar-refractivity contribution in [2.24, 2.45) is 14.1 Å². The number of nitrogens with one attached hydrogen (secondary N) is 1. The van der Waals surface area contributed by atoms with E-state index in [2.05, 4.69) is 66.8 Å². The molecule has 0 amide bonds. The molecular formula is C24H22N4OS. The summed E-state index contributed by atoms with van der Waals surface area (Å²) < 4.78 is 4.58. The Kier molecular flexibility index (Phi) is 4.44. The number of fused-ring (bicyclic) bond motifs is 2. The van der Waals surface area contributed by atoms with Crippen LogP contribution in [0.2, 0.25) is 0 Å². The van der Waals surface area contributed by atoms with E-state index in [-0.39, 0.29) is 5.69 Å². The van der Waals surface area contributed by atoms with Crippen LogP contribution < -0.4 is 11.0 Å². The van der Waals surface area contributed by atoms with Crippen LogP contribution in [0, 0.1) is 6.92 Å².